The third-order valence-corrected chi connectivity index (χ3v) is 8.10. The standard InChI is InChI=1S/C30H35FN2O5/c31-23-11-5-3-9-20(23)18-33(26(35)14-13-19-7-1-2-8-19)24-17-22(30(37)32-15-16-34)27-21-10-4-6-12-25(21)38-29(27)28(24)36/h3-6,9-12,17,19,24,27-29,34,36H,1-2,7-8,13-16,18H2,(H,32,37). The molecule has 2 amide bonds. The van der Waals surface area contributed by atoms with Crippen molar-refractivity contribution in [1.29, 1.82) is 0 Å². The molecule has 5 rings (SSSR count). The number of benzene rings is 2. The van der Waals surface area contributed by atoms with Crippen LogP contribution in [0.25, 0.3) is 0 Å². The zero-order valence-corrected chi connectivity index (χ0v) is 21.4. The number of nitrogens with one attached hydrogen (secondary N) is 1. The summed E-state index contributed by atoms with van der Waals surface area (Å²) in [7, 11) is 0. The molecule has 8 heteroatoms. The van der Waals surface area contributed by atoms with E-state index in [1.807, 2.05) is 18.2 Å². The number of amides is 2. The molecule has 7 nitrogen and oxygen atoms in total. The summed E-state index contributed by atoms with van der Waals surface area (Å²) < 4.78 is 20.9. The molecule has 0 bridgehead atoms. The first-order valence-corrected chi connectivity index (χ1v) is 13.5. The Hall–Kier alpha value is -3.23. The van der Waals surface area contributed by atoms with Gasteiger partial charge < -0.3 is 25.2 Å². The molecule has 2 aliphatic carbocycles. The summed E-state index contributed by atoms with van der Waals surface area (Å²) in [6, 6.07) is 12.7. The van der Waals surface area contributed by atoms with E-state index in [4.69, 9.17) is 4.74 Å². The maximum Gasteiger partial charge on any atom is 0.247 e. The van der Waals surface area contributed by atoms with E-state index in [2.05, 4.69) is 5.32 Å². The number of fused-ring (bicyclic) bond motifs is 3. The van der Waals surface area contributed by atoms with Crippen molar-refractivity contribution >= 4 is 11.8 Å². The van der Waals surface area contributed by atoms with Crippen molar-refractivity contribution < 1.29 is 28.9 Å². The lowest BCUT2D eigenvalue weighted by Crippen LogP contribution is -2.55. The number of hydrogen-bond acceptors (Lipinski definition) is 5. The molecule has 0 spiro atoms. The Labute approximate surface area is 222 Å². The zero-order valence-electron chi connectivity index (χ0n) is 21.4. The van der Waals surface area contributed by atoms with Crippen LogP contribution in [-0.2, 0) is 16.1 Å². The summed E-state index contributed by atoms with van der Waals surface area (Å²) in [5.74, 6) is -0.465. The molecule has 0 saturated heterocycles. The Kier molecular flexibility index (Phi) is 8.09. The van der Waals surface area contributed by atoms with Gasteiger partial charge in [0.25, 0.3) is 0 Å². The summed E-state index contributed by atoms with van der Waals surface area (Å²) in [4.78, 5) is 28.5. The maximum absolute atomic E-state index is 14.7. The second-order valence-electron chi connectivity index (χ2n) is 10.5. The molecule has 1 fully saturated rings. The monoisotopic (exact) mass is 522 g/mol. The van der Waals surface area contributed by atoms with Crippen LogP contribution in [0.5, 0.6) is 5.75 Å². The van der Waals surface area contributed by atoms with Gasteiger partial charge in [-0.15, -0.1) is 0 Å². The van der Waals surface area contributed by atoms with Gasteiger partial charge in [0.1, 0.15) is 23.8 Å². The van der Waals surface area contributed by atoms with E-state index in [1.54, 1.807) is 30.3 Å². The van der Waals surface area contributed by atoms with Crippen molar-refractivity contribution in [2.24, 2.45) is 5.92 Å². The Bertz CT molecular complexity index is 1190. The number of halogens is 1. The van der Waals surface area contributed by atoms with Crippen LogP contribution in [0.4, 0.5) is 4.39 Å². The van der Waals surface area contributed by atoms with E-state index in [-0.39, 0.29) is 32.0 Å². The highest BCUT2D eigenvalue weighted by molar-refractivity contribution is 5.96. The second-order valence-corrected chi connectivity index (χ2v) is 10.5. The molecule has 0 aromatic heterocycles. The topological polar surface area (TPSA) is 99.1 Å². The molecular weight excluding hydrogens is 487 g/mol. The van der Waals surface area contributed by atoms with Crippen molar-refractivity contribution in [3.63, 3.8) is 0 Å². The molecule has 2 aromatic carbocycles. The SMILES string of the molecule is O=C(NCCO)C1=CC(N(Cc2ccccc2F)C(=O)CCC2CCCC2)C(O)C2Oc3ccccc3C12. The Morgan fingerprint density at radius 1 is 1.08 bits per heavy atom. The first-order valence-electron chi connectivity index (χ1n) is 13.5. The lowest BCUT2D eigenvalue weighted by molar-refractivity contribution is -0.138. The summed E-state index contributed by atoms with van der Waals surface area (Å²) in [6.45, 7) is -0.182. The van der Waals surface area contributed by atoms with Crippen LogP contribution in [0.1, 0.15) is 55.6 Å². The van der Waals surface area contributed by atoms with Crippen molar-refractivity contribution in [3.05, 3.63) is 77.1 Å². The minimum atomic E-state index is -1.14. The lowest BCUT2D eigenvalue weighted by Gasteiger charge is -2.41. The number of hydrogen-bond donors (Lipinski definition) is 3. The normalized spacial score (nSPS) is 24.2. The molecule has 4 atom stereocenters. The average molecular weight is 523 g/mol. The highest BCUT2D eigenvalue weighted by Gasteiger charge is 2.50. The van der Waals surface area contributed by atoms with Crippen molar-refractivity contribution in [2.45, 2.75) is 69.2 Å². The van der Waals surface area contributed by atoms with Crippen LogP contribution in [0.3, 0.4) is 0 Å². The van der Waals surface area contributed by atoms with Crippen LogP contribution >= 0.6 is 0 Å². The van der Waals surface area contributed by atoms with E-state index in [1.165, 1.54) is 23.8 Å². The van der Waals surface area contributed by atoms with Gasteiger partial charge in [0, 0.05) is 36.2 Å². The smallest absolute Gasteiger partial charge is 0.247 e. The third kappa shape index (κ3) is 5.33. The number of ether oxygens (including phenoxy) is 1. The molecule has 202 valence electrons. The fraction of sp³-hybridized carbons (Fsp3) is 0.467. The van der Waals surface area contributed by atoms with Crippen molar-refractivity contribution in [1.82, 2.24) is 10.2 Å². The Morgan fingerprint density at radius 2 is 1.82 bits per heavy atom. The molecule has 1 aliphatic heterocycles. The average Bonchev–Trinajstić information content (AvgIpc) is 3.59. The number of carbonyl (C=O) groups is 2. The number of aliphatic hydroxyl groups is 2. The number of para-hydroxylation sites is 1. The first-order chi connectivity index (χ1) is 18.5. The molecule has 2 aromatic rings. The molecule has 38 heavy (non-hydrogen) atoms. The van der Waals surface area contributed by atoms with E-state index in [0.29, 0.717) is 22.8 Å². The zero-order chi connectivity index (χ0) is 26.6. The molecule has 3 N–H and O–H groups in total. The molecule has 1 heterocycles. The van der Waals surface area contributed by atoms with E-state index in [0.717, 1.165) is 24.8 Å². The number of aliphatic hydroxyl groups excluding tert-OH is 2. The molecule has 0 radical (unpaired) electrons. The fourth-order valence-corrected chi connectivity index (χ4v) is 6.13. The summed E-state index contributed by atoms with van der Waals surface area (Å²) in [6.07, 6.45) is 5.32. The van der Waals surface area contributed by atoms with Gasteiger partial charge in [0.15, 0.2) is 0 Å². The van der Waals surface area contributed by atoms with Crippen LogP contribution in [0.2, 0.25) is 0 Å². The van der Waals surface area contributed by atoms with Gasteiger partial charge in [0.2, 0.25) is 11.8 Å². The predicted molar refractivity (Wildman–Crippen MR) is 140 cm³/mol. The highest BCUT2D eigenvalue weighted by atomic mass is 19.1. The summed E-state index contributed by atoms with van der Waals surface area (Å²) in [5.41, 5.74) is 1.49. The van der Waals surface area contributed by atoms with E-state index >= 15 is 0 Å². The van der Waals surface area contributed by atoms with Gasteiger partial charge in [-0.05, 0) is 30.5 Å². The van der Waals surface area contributed by atoms with E-state index < -0.39 is 35.9 Å². The van der Waals surface area contributed by atoms with Gasteiger partial charge in [0.05, 0.1) is 18.6 Å². The fourth-order valence-electron chi connectivity index (χ4n) is 6.13. The highest BCUT2D eigenvalue weighted by Crippen LogP contribution is 2.47. The molecule has 1 saturated carbocycles. The van der Waals surface area contributed by atoms with Crippen LogP contribution in [0, 0.1) is 11.7 Å². The molecule has 4 unspecified atom stereocenters. The number of nitrogens with zero attached hydrogens (tertiary/aromatic N) is 1. The largest absolute Gasteiger partial charge is 0.486 e. The van der Waals surface area contributed by atoms with Crippen LogP contribution < -0.4 is 10.1 Å². The van der Waals surface area contributed by atoms with E-state index in [9.17, 15) is 24.2 Å². The Balaban J connectivity index is 1.50. The van der Waals surface area contributed by atoms with Crippen molar-refractivity contribution in [2.75, 3.05) is 13.2 Å². The summed E-state index contributed by atoms with van der Waals surface area (Å²) in [5, 5.41) is 23.6. The Morgan fingerprint density at radius 3 is 2.58 bits per heavy atom. The second kappa shape index (κ2) is 11.7. The molecular formula is C30H35FN2O5. The van der Waals surface area contributed by atoms with Crippen LogP contribution in [-0.4, -0.2) is 58.3 Å². The molecule has 3 aliphatic rings. The first kappa shape index (κ1) is 26.4. The maximum atomic E-state index is 14.7. The minimum absolute atomic E-state index is 0.0374. The van der Waals surface area contributed by atoms with Gasteiger partial charge in [-0.3, -0.25) is 9.59 Å². The lowest BCUT2D eigenvalue weighted by atomic mass is 9.77. The van der Waals surface area contributed by atoms with Crippen molar-refractivity contribution in [3.8, 4) is 5.75 Å². The predicted octanol–water partition coefficient (Wildman–Crippen LogP) is 3.45. The van der Waals surface area contributed by atoms with Crippen LogP contribution in [0.15, 0.2) is 60.2 Å². The van der Waals surface area contributed by atoms with Gasteiger partial charge in [-0.1, -0.05) is 62.1 Å². The van der Waals surface area contributed by atoms with Gasteiger partial charge in [-0.2, -0.15) is 0 Å². The van der Waals surface area contributed by atoms with Gasteiger partial charge >= 0.3 is 0 Å². The van der Waals surface area contributed by atoms with Gasteiger partial charge in [-0.25, -0.2) is 4.39 Å². The number of carbonyl (C=O) groups excluding carboxylic acids is 2. The third-order valence-electron chi connectivity index (χ3n) is 8.10. The summed E-state index contributed by atoms with van der Waals surface area (Å²) >= 11 is 0. The minimum Gasteiger partial charge on any atom is -0.486 e. The number of rotatable bonds is 9. The quantitative estimate of drug-likeness (QED) is 0.469.